The predicted octanol–water partition coefficient (Wildman–Crippen LogP) is -0.208. The van der Waals surface area contributed by atoms with Gasteiger partial charge in [-0.3, -0.25) is 9.69 Å². The van der Waals surface area contributed by atoms with Gasteiger partial charge < -0.3 is 11.1 Å². The second kappa shape index (κ2) is 6.86. The molecule has 4 nitrogen and oxygen atoms in total. The molecule has 0 saturated heterocycles. The fourth-order valence-corrected chi connectivity index (χ4v) is 0.883. The SMILES string of the molecule is CCCNC(=O)CN(C)C(C)CN. The van der Waals surface area contributed by atoms with E-state index in [4.69, 9.17) is 5.73 Å². The van der Waals surface area contributed by atoms with E-state index in [0.29, 0.717) is 13.1 Å². The molecule has 0 fully saturated rings. The molecule has 0 aliphatic rings. The Kier molecular flexibility index (Phi) is 6.54. The summed E-state index contributed by atoms with van der Waals surface area (Å²) in [4.78, 5) is 13.2. The number of nitrogens with zero attached hydrogens (tertiary/aromatic N) is 1. The smallest absolute Gasteiger partial charge is 0.234 e. The lowest BCUT2D eigenvalue weighted by Crippen LogP contribution is -2.42. The van der Waals surface area contributed by atoms with E-state index >= 15 is 0 Å². The van der Waals surface area contributed by atoms with Crippen LogP contribution in [0.3, 0.4) is 0 Å². The fraction of sp³-hybridized carbons (Fsp3) is 0.889. The molecule has 0 radical (unpaired) electrons. The number of nitrogens with one attached hydrogen (secondary N) is 1. The molecule has 1 atom stereocenters. The zero-order valence-electron chi connectivity index (χ0n) is 8.84. The summed E-state index contributed by atoms with van der Waals surface area (Å²) in [6.07, 6.45) is 0.974. The Labute approximate surface area is 80.5 Å². The van der Waals surface area contributed by atoms with E-state index < -0.39 is 0 Å². The standard InChI is InChI=1S/C9H21N3O/c1-4-5-11-9(13)7-12(3)8(2)6-10/h8H,4-7,10H2,1-3H3,(H,11,13). The topological polar surface area (TPSA) is 58.4 Å². The minimum absolute atomic E-state index is 0.0738. The summed E-state index contributed by atoms with van der Waals surface area (Å²) in [5.74, 6) is 0.0738. The number of nitrogens with two attached hydrogens (primary N) is 1. The molecule has 4 heteroatoms. The van der Waals surface area contributed by atoms with Gasteiger partial charge in [-0.2, -0.15) is 0 Å². The quantitative estimate of drug-likeness (QED) is 0.605. The molecular formula is C9H21N3O. The van der Waals surface area contributed by atoms with Crippen molar-refractivity contribution in [2.24, 2.45) is 5.73 Å². The van der Waals surface area contributed by atoms with Gasteiger partial charge >= 0.3 is 0 Å². The van der Waals surface area contributed by atoms with Crippen LogP contribution in [0.25, 0.3) is 0 Å². The predicted molar refractivity (Wildman–Crippen MR) is 54.4 cm³/mol. The third-order valence-corrected chi connectivity index (χ3v) is 2.06. The molecule has 13 heavy (non-hydrogen) atoms. The van der Waals surface area contributed by atoms with Crippen molar-refractivity contribution in [3.8, 4) is 0 Å². The lowest BCUT2D eigenvalue weighted by molar-refractivity contribution is -0.122. The van der Waals surface area contributed by atoms with Crippen LogP contribution in [0, 0.1) is 0 Å². The van der Waals surface area contributed by atoms with Crippen LogP contribution >= 0.6 is 0 Å². The first kappa shape index (κ1) is 12.4. The van der Waals surface area contributed by atoms with Crippen LogP contribution < -0.4 is 11.1 Å². The van der Waals surface area contributed by atoms with Gasteiger partial charge in [0.1, 0.15) is 0 Å². The first-order chi connectivity index (χ1) is 6.11. The molecule has 78 valence electrons. The highest BCUT2D eigenvalue weighted by Crippen LogP contribution is 1.91. The number of carbonyl (C=O) groups is 1. The summed E-state index contributed by atoms with van der Waals surface area (Å²) in [6.45, 7) is 5.80. The largest absolute Gasteiger partial charge is 0.355 e. The normalized spacial score (nSPS) is 13.0. The van der Waals surface area contributed by atoms with Gasteiger partial charge in [0.2, 0.25) is 5.91 Å². The first-order valence-electron chi connectivity index (χ1n) is 4.78. The molecule has 0 aromatic heterocycles. The Balaban J connectivity index is 3.64. The average Bonchev–Trinajstić information content (AvgIpc) is 2.13. The summed E-state index contributed by atoms with van der Waals surface area (Å²) < 4.78 is 0. The van der Waals surface area contributed by atoms with Gasteiger partial charge in [0.15, 0.2) is 0 Å². The molecule has 1 unspecified atom stereocenters. The van der Waals surface area contributed by atoms with E-state index in [1.54, 1.807) is 0 Å². The number of hydrogen-bond donors (Lipinski definition) is 2. The van der Waals surface area contributed by atoms with Gasteiger partial charge in [-0.1, -0.05) is 6.92 Å². The van der Waals surface area contributed by atoms with E-state index in [1.807, 2.05) is 25.8 Å². The molecule has 0 aliphatic heterocycles. The molecule has 3 N–H and O–H groups in total. The molecule has 0 spiro atoms. The second-order valence-electron chi connectivity index (χ2n) is 3.35. The Morgan fingerprint density at radius 2 is 2.23 bits per heavy atom. The van der Waals surface area contributed by atoms with Gasteiger partial charge in [0.05, 0.1) is 6.54 Å². The van der Waals surface area contributed by atoms with Crippen molar-refractivity contribution in [1.29, 1.82) is 0 Å². The highest BCUT2D eigenvalue weighted by atomic mass is 16.2. The number of rotatable bonds is 6. The summed E-state index contributed by atoms with van der Waals surface area (Å²) in [5, 5.41) is 2.82. The second-order valence-corrected chi connectivity index (χ2v) is 3.35. The highest BCUT2D eigenvalue weighted by Gasteiger charge is 2.10. The number of hydrogen-bond acceptors (Lipinski definition) is 3. The van der Waals surface area contributed by atoms with Crippen LogP contribution in [-0.4, -0.2) is 43.5 Å². The van der Waals surface area contributed by atoms with Crippen molar-refractivity contribution in [2.45, 2.75) is 26.3 Å². The summed E-state index contributed by atoms with van der Waals surface area (Å²) in [7, 11) is 1.91. The molecule has 0 saturated carbocycles. The maximum atomic E-state index is 11.2. The van der Waals surface area contributed by atoms with E-state index in [9.17, 15) is 4.79 Å². The number of carbonyl (C=O) groups excluding carboxylic acids is 1. The van der Waals surface area contributed by atoms with Crippen molar-refractivity contribution < 1.29 is 4.79 Å². The molecule has 0 aromatic carbocycles. The first-order valence-corrected chi connectivity index (χ1v) is 4.78. The Morgan fingerprint density at radius 1 is 1.62 bits per heavy atom. The van der Waals surface area contributed by atoms with Crippen LogP contribution in [0.1, 0.15) is 20.3 Å². The summed E-state index contributed by atoms with van der Waals surface area (Å²) in [5.41, 5.74) is 5.48. The van der Waals surface area contributed by atoms with Crippen molar-refractivity contribution in [3.05, 3.63) is 0 Å². The van der Waals surface area contributed by atoms with Gasteiger partial charge in [0, 0.05) is 19.1 Å². The van der Waals surface area contributed by atoms with Crippen LogP contribution in [-0.2, 0) is 4.79 Å². The van der Waals surface area contributed by atoms with Crippen molar-refractivity contribution >= 4 is 5.91 Å². The number of likely N-dealkylation sites (N-methyl/N-ethyl adjacent to an activating group) is 1. The lowest BCUT2D eigenvalue weighted by atomic mass is 10.3. The zero-order chi connectivity index (χ0) is 10.3. The number of amides is 1. The lowest BCUT2D eigenvalue weighted by Gasteiger charge is -2.22. The van der Waals surface area contributed by atoms with Crippen LogP contribution in [0.4, 0.5) is 0 Å². The highest BCUT2D eigenvalue weighted by molar-refractivity contribution is 5.77. The van der Waals surface area contributed by atoms with Gasteiger partial charge in [0.25, 0.3) is 0 Å². The average molecular weight is 187 g/mol. The van der Waals surface area contributed by atoms with E-state index in [2.05, 4.69) is 5.32 Å². The molecule has 1 amide bonds. The Bertz CT molecular complexity index is 150. The molecule has 0 aromatic rings. The Hall–Kier alpha value is -0.610. The van der Waals surface area contributed by atoms with E-state index in [1.165, 1.54) is 0 Å². The minimum atomic E-state index is 0.0738. The summed E-state index contributed by atoms with van der Waals surface area (Å²) in [6, 6.07) is 0.257. The summed E-state index contributed by atoms with van der Waals surface area (Å²) >= 11 is 0. The van der Waals surface area contributed by atoms with Crippen LogP contribution in [0.2, 0.25) is 0 Å². The maximum absolute atomic E-state index is 11.2. The third kappa shape index (κ3) is 5.60. The molecule has 0 rings (SSSR count). The van der Waals surface area contributed by atoms with Crippen LogP contribution in [0.5, 0.6) is 0 Å². The van der Waals surface area contributed by atoms with Crippen molar-refractivity contribution in [3.63, 3.8) is 0 Å². The third-order valence-electron chi connectivity index (χ3n) is 2.06. The van der Waals surface area contributed by atoms with Gasteiger partial charge in [-0.05, 0) is 20.4 Å². The molecule has 0 heterocycles. The van der Waals surface area contributed by atoms with Gasteiger partial charge in [-0.25, -0.2) is 0 Å². The maximum Gasteiger partial charge on any atom is 0.234 e. The minimum Gasteiger partial charge on any atom is -0.355 e. The fourth-order valence-electron chi connectivity index (χ4n) is 0.883. The Morgan fingerprint density at radius 3 is 2.69 bits per heavy atom. The van der Waals surface area contributed by atoms with E-state index in [-0.39, 0.29) is 11.9 Å². The van der Waals surface area contributed by atoms with Crippen molar-refractivity contribution in [1.82, 2.24) is 10.2 Å². The van der Waals surface area contributed by atoms with Crippen molar-refractivity contribution in [2.75, 3.05) is 26.7 Å². The van der Waals surface area contributed by atoms with Crippen LogP contribution in [0.15, 0.2) is 0 Å². The zero-order valence-corrected chi connectivity index (χ0v) is 8.84. The van der Waals surface area contributed by atoms with E-state index in [0.717, 1.165) is 13.0 Å². The molecule has 0 bridgehead atoms. The van der Waals surface area contributed by atoms with Gasteiger partial charge in [-0.15, -0.1) is 0 Å². The molecule has 0 aliphatic carbocycles. The molecular weight excluding hydrogens is 166 g/mol. The monoisotopic (exact) mass is 187 g/mol.